The third-order valence-electron chi connectivity index (χ3n) is 4.49. The molecule has 25 heavy (non-hydrogen) atoms. The highest BCUT2D eigenvalue weighted by Gasteiger charge is 2.21. The van der Waals surface area contributed by atoms with Crippen molar-refractivity contribution in [2.75, 3.05) is 32.1 Å². The van der Waals surface area contributed by atoms with Gasteiger partial charge in [-0.15, -0.1) is 0 Å². The first-order chi connectivity index (χ1) is 12.0. The number of carbonyl (C=O) groups is 1. The Morgan fingerprint density at radius 1 is 1.40 bits per heavy atom. The van der Waals surface area contributed by atoms with E-state index in [0.717, 1.165) is 48.7 Å². The highest BCUT2D eigenvalue weighted by atomic mass is 35.5. The number of carbonyl (C=O) groups excluding carboxylic acids is 1. The van der Waals surface area contributed by atoms with Gasteiger partial charge in [-0.3, -0.25) is 9.78 Å². The number of piperidine rings is 1. The first-order valence-corrected chi connectivity index (χ1v) is 8.95. The first kappa shape index (κ1) is 17.8. The number of pyridine rings is 2. The number of nitrogens with zero attached hydrogens (tertiary/aromatic N) is 3. The Morgan fingerprint density at radius 2 is 2.24 bits per heavy atom. The molecule has 3 heterocycles. The minimum Gasteiger partial charge on any atom is -0.363 e. The molecule has 1 aliphatic heterocycles. The summed E-state index contributed by atoms with van der Waals surface area (Å²) in [5.74, 6) is 1.18. The monoisotopic (exact) mass is 358 g/mol. The summed E-state index contributed by atoms with van der Waals surface area (Å²) in [6, 6.07) is 7.70. The van der Waals surface area contributed by atoms with Crippen LogP contribution in [-0.4, -0.2) is 42.9 Å². The summed E-state index contributed by atoms with van der Waals surface area (Å²) in [4.78, 5) is 23.4. The zero-order valence-corrected chi connectivity index (χ0v) is 15.4. The third-order valence-corrected chi connectivity index (χ3v) is 4.79. The van der Waals surface area contributed by atoms with E-state index in [9.17, 15) is 4.79 Å². The maximum absolute atomic E-state index is 12.5. The number of Topliss-reactive ketones (excluding diaryl/α,β-unsaturated/α-hetero) is 1. The van der Waals surface area contributed by atoms with Gasteiger partial charge in [-0.2, -0.15) is 0 Å². The van der Waals surface area contributed by atoms with Crippen LogP contribution in [0.4, 0.5) is 5.82 Å². The SMILES string of the molecule is CN(C)c1cccc(-c2cc(CC(=O)[C@@H]3CCCNC3)ncc2Cl)n1. The van der Waals surface area contributed by atoms with Crippen LogP contribution in [0.5, 0.6) is 0 Å². The van der Waals surface area contributed by atoms with Crippen LogP contribution in [0.25, 0.3) is 11.3 Å². The molecule has 2 aromatic heterocycles. The molecular formula is C19H23ClN4O. The lowest BCUT2D eigenvalue weighted by Gasteiger charge is -2.21. The van der Waals surface area contributed by atoms with Crippen molar-refractivity contribution in [1.82, 2.24) is 15.3 Å². The van der Waals surface area contributed by atoms with E-state index in [1.807, 2.05) is 43.3 Å². The molecule has 5 nitrogen and oxygen atoms in total. The predicted molar refractivity (Wildman–Crippen MR) is 101 cm³/mol. The van der Waals surface area contributed by atoms with E-state index in [2.05, 4.69) is 15.3 Å². The zero-order valence-electron chi connectivity index (χ0n) is 14.6. The average Bonchev–Trinajstić information content (AvgIpc) is 2.64. The molecule has 3 rings (SSSR count). The molecule has 132 valence electrons. The minimum absolute atomic E-state index is 0.0878. The first-order valence-electron chi connectivity index (χ1n) is 8.57. The molecule has 1 fully saturated rings. The Hall–Kier alpha value is -1.98. The lowest BCUT2D eigenvalue weighted by atomic mass is 9.92. The number of ketones is 1. The van der Waals surface area contributed by atoms with Crippen LogP contribution in [0, 0.1) is 5.92 Å². The van der Waals surface area contributed by atoms with Gasteiger partial charge >= 0.3 is 0 Å². The molecule has 0 unspecified atom stereocenters. The van der Waals surface area contributed by atoms with Gasteiger partial charge in [0.25, 0.3) is 0 Å². The molecule has 0 radical (unpaired) electrons. The molecule has 0 amide bonds. The van der Waals surface area contributed by atoms with Gasteiger partial charge in [0, 0.05) is 50.4 Å². The van der Waals surface area contributed by atoms with Gasteiger partial charge in [0.2, 0.25) is 0 Å². The predicted octanol–water partition coefficient (Wildman–Crippen LogP) is 2.97. The maximum atomic E-state index is 12.5. The van der Waals surface area contributed by atoms with Crippen LogP contribution in [0.3, 0.4) is 0 Å². The summed E-state index contributed by atoms with van der Waals surface area (Å²) in [6.07, 6.45) is 3.96. The van der Waals surface area contributed by atoms with Gasteiger partial charge in [0.15, 0.2) is 0 Å². The van der Waals surface area contributed by atoms with Gasteiger partial charge in [-0.25, -0.2) is 4.98 Å². The number of aromatic nitrogens is 2. The number of hydrogen-bond acceptors (Lipinski definition) is 5. The largest absolute Gasteiger partial charge is 0.363 e. The minimum atomic E-state index is 0.0878. The molecule has 1 saturated heterocycles. The second-order valence-corrected chi connectivity index (χ2v) is 7.02. The van der Waals surface area contributed by atoms with Crippen molar-refractivity contribution in [3.05, 3.63) is 41.2 Å². The molecule has 0 spiro atoms. The summed E-state index contributed by atoms with van der Waals surface area (Å²) in [5.41, 5.74) is 2.34. The summed E-state index contributed by atoms with van der Waals surface area (Å²) in [6.45, 7) is 1.77. The molecule has 1 aliphatic rings. The molecule has 1 N–H and O–H groups in total. The van der Waals surface area contributed by atoms with Gasteiger partial charge < -0.3 is 10.2 Å². The summed E-state index contributed by atoms with van der Waals surface area (Å²) >= 11 is 6.34. The number of halogens is 1. The summed E-state index contributed by atoms with van der Waals surface area (Å²) in [7, 11) is 3.89. The fraction of sp³-hybridized carbons (Fsp3) is 0.421. The molecule has 0 saturated carbocycles. The van der Waals surface area contributed by atoms with E-state index < -0.39 is 0 Å². The lowest BCUT2D eigenvalue weighted by Crippen LogP contribution is -2.35. The second-order valence-electron chi connectivity index (χ2n) is 6.62. The third kappa shape index (κ3) is 4.35. The van der Waals surface area contributed by atoms with Gasteiger partial charge in [0.1, 0.15) is 11.6 Å². The zero-order chi connectivity index (χ0) is 17.8. The van der Waals surface area contributed by atoms with Crippen LogP contribution in [-0.2, 0) is 11.2 Å². The van der Waals surface area contributed by atoms with Crippen molar-refractivity contribution in [3.63, 3.8) is 0 Å². The number of anilines is 1. The second kappa shape index (κ2) is 7.93. The van der Waals surface area contributed by atoms with E-state index in [0.29, 0.717) is 11.4 Å². The van der Waals surface area contributed by atoms with E-state index in [-0.39, 0.29) is 11.7 Å². The fourth-order valence-corrected chi connectivity index (χ4v) is 3.25. The summed E-state index contributed by atoms with van der Waals surface area (Å²) in [5, 5.41) is 3.83. The van der Waals surface area contributed by atoms with Crippen molar-refractivity contribution < 1.29 is 4.79 Å². The Labute approximate surface area is 153 Å². The molecule has 0 aliphatic carbocycles. The Balaban J connectivity index is 1.83. The van der Waals surface area contributed by atoms with E-state index in [4.69, 9.17) is 11.6 Å². The molecule has 2 aromatic rings. The van der Waals surface area contributed by atoms with Crippen molar-refractivity contribution >= 4 is 23.2 Å². The van der Waals surface area contributed by atoms with Crippen LogP contribution >= 0.6 is 11.6 Å². The van der Waals surface area contributed by atoms with Crippen LogP contribution in [0.15, 0.2) is 30.5 Å². The van der Waals surface area contributed by atoms with E-state index in [1.54, 1.807) is 6.20 Å². The summed E-state index contributed by atoms with van der Waals surface area (Å²) < 4.78 is 0. The maximum Gasteiger partial charge on any atom is 0.143 e. The number of rotatable bonds is 5. The van der Waals surface area contributed by atoms with Crippen molar-refractivity contribution in [1.29, 1.82) is 0 Å². The van der Waals surface area contributed by atoms with E-state index >= 15 is 0 Å². The lowest BCUT2D eigenvalue weighted by molar-refractivity contribution is -0.122. The Bertz CT molecular complexity index is 757. The van der Waals surface area contributed by atoms with Crippen LogP contribution in [0.1, 0.15) is 18.5 Å². The van der Waals surface area contributed by atoms with Crippen LogP contribution < -0.4 is 10.2 Å². The van der Waals surface area contributed by atoms with Gasteiger partial charge in [-0.1, -0.05) is 17.7 Å². The smallest absolute Gasteiger partial charge is 0.143 e. The van der Waals surface area contributed by atoms with Crippen LogP contribution in [0.2, 0.25) is 5.02 Å². The fourth-order valence-electron chi connectivity index (χ4n) is 3.05. The number of nitrogens with one attached hydrogen (secondary N) is 1. The van der Waals surface area contributed by atoms with Crippen molar-refractivity contribution in [2.45, 2.75) is 19.3 Å². The molecule has 0 aromatic carbocycles. The quantitative estimate of drug-likeness (QED) is 0.890. The van der Waals surface area contributed by atoms with E-state index in [1.165, 1.54) is 0 Å². The molecule has 1 atom stereocenters. The average molecular weight is 359 g/mol. The van der Waals surface area contributed by atoms with Gasteiger partial charge in [-0.05, 0) is 37.6 Å². The molecular weight excluding hydrogens is 336 g/mol. The van der Waals surface area contributed by atoms with Crippen molar-refractivity contribution in [2.24, 2.45) is 5.92 Å². The highest BCUT2D eigenvalue weighted by molar-refractivity contribution is 6.33. The normalized spacial score (nSPS) is 17.3. The van der Waals surface area contributed by atoms with Gasteiger partial charge in [0.05, 0.1) is 10.7 Å². The highest BCUT2D eigenvalue weighted by Crippen LogP contribution is 2.28. The topological polar surface area (TPSA) is 58.1 Å². The Morgan fingerprint density at radius 3 is 2.96 bits per heavy atom. The standard InChI is InChI=1S/C19H23ClN4O/c1-24(2)19-7-3-6-17(23-19)15-9-14(22-12-16(15)20)10-18(25)13-5-4-8-21-11-13/h3,6-7,9,12-13,21H,4-5,8,10-11H2,1-2H3/t13-/m1/s1. The molecule has 0 bridgehead atoms. The van der Waals surface area contributed by atoms with Crippen molar-refractivity contribution in [3.8, 4) is 11.3 Å². The number of hydrogen-bond donors (Lipinski definition) is 1. The molecule has 6 heteroatoms. The Kier molecular flexibility index (Phi) is 5.66.